The number of rotatable bonds is 6. The Labute approximate surface area is 201 Å². The Bertz CT molecular complexity index is 1350. The lowest BCUT2D eigenvalue weighted by atomic mass is 10.1. The lowest BCUT2D eigenvalue weighted by molar-refractivity contribution is -0.127. The number of amides is 1. The molecule has 1 amide bonds. The van der Waals surface area contributed by atoms with Crippen LogP contribution in [0.2, 0.25) is 0 Å². The topological polar surface area (TPSA) is 99.2 Å². The third-order valence-electron chi connectivity index (χ3n) is 5.92. The summed E-state index contributed by atoms with van der Waals surface area (Å²) < 4.78 is 7.69. The van der Waals surface area contributed by atoms with Gasteiger partial charge >= 0.3 is 0 Å². The first-order chi connectivity index (χ1) is 16.5. The molecule has 9 heteroatoms. The van der Waals surface area contributed by atoms with Gasteiger partial charge in [-0.3, -0.25) is 4.79 Å². The fraction of sp³-hybridized carbons (Fsp3) is 0.200. The Hall–Kier alpha value is -3.91. The third-order valence-corrected chi connectivity index (χ3v) is 6.08. The number of ether oxygens (including phenoxy) is 1. The summed E-state index contributed by atoms with van der Waals surface area (Å²) in [4.78, 5) is 22.8. The van der Waals surface area contributed by atoms with Crippen LogP contribution in [0.1, 0.15) is 12.8 Å². The number of benzene rings is 2. The number of hydrogen-bond donors (Lipinski definition) is 1. The van der Waals surface area contributed by atoms with Gasteiger partial charge < -0.3 is 15.4 Å². The van der Waals surface area contributed by atoms with Gasteiger partial charge in [0.05, 0.1) is 23.0 Å². The van der Waals surface area contributed by atoms with Crippen LogP contribution in [0.3, 0.4) is 0 Å². The van der Waals surface area contributed by atoms with E-state index in [4.69, 9.17) is 27.2 Å². The summed E-state index contributed by atoms with van der Waals surface area (Å²) in [5, 5.41) is 5.53. The molecule has 2 aromatic carbocycles. The van der Waals surface area contributed by atoms with E-state index in [0.29, 0.717) is 41.4 Å². The number of nitrogens with two attached hydrogens (primary N) is 1. The van der Waals surface area contributed by atoms with Crippen molar-refractivity contribution in [2.24, 2.45) is 0 Å². The minimum Gasteiger partial charge on any atom is -0.457 e. The van der Waals surface area contributed by atoms with Crippen molar-refractivity contribution in [3.8, 4) is 22.8 Å². The van der Waals surface area contributed by atoms with Crippen LogP contribution >= 0.6 is 11.6 Å². The largest absolute Gasteiger partial charge is 0.457 e. The van der Waals surface area contributed by atoms with Gasteiger partial charge in [-0.15, -0.1) is 0 Å². The fourth-order valence-electron chi connectivity index (χ4n) is 4.31. The van der Waals surface area contributed by atoms with Crippen molar-refractivity contribution in [2.45, 2.75) is 25.4 Å². The second-order valence-corrected chi connectivity index (χ2v) is 8.58. The Morgan fingerprint density at radius 1 is 1.12 bits per heavy atom. The number of carbonyl (C=O) groups is 1. The molecule has 3 heterocycles. The van der Waals surface area contributed by atoms with Crippen LogP contribution in [0.15, 0.2) is 72.5 Å². The van der Waals surface area contributed by atoms with Crippen molar-refractivity contribution in [1.82, 2.24) is 24.6 Å². The first-order valence-corrected chi connectivity index (χ1v) is 11.3. The van der Waals surface area contributed by atoms with E-state index in [1.807, 2.05) is 54.6 Å². The zero-order valence-corrected chi connectivity index (χ0v) is 19.2. The minimum atomic E-state index is -0.246. The van der Waals surface area contributed by atoms with Gasteiger partial charge in [0.25, 0.3) is 5.91 Å². The lowest BCUT2D eigenvalue weighted by Crippen LogP contribution is -2.38. The molecule has 1 saturated heterocycles. The molecule has 0 saturated carbocycles. The maximum Gasteiger partial charge on any atom is 0.265 e. The Morgan fingerprint density at radius 2 is 1.85 bits per heavy atom. The van der Waals surface area contributed by atoms with Crippen LogP contribution in [-0.4, -0.2) is 43.1 Å². The molecule has 0 radical (unpaired) electrons. The van der Waals surface area contributed by atoms with E-state index >= 15 is 0 Å². The molecule has 1 aliphatic rings. The van der Waals surface area contributed by atoms with E-state index in [1.165, 1.54) is 6.33 Å². The van der Waals surface area contributed by atoms with Crippen LogP contribution in [0.4, 0.5) is 5.82 Å². The summed E-state index contributed by atoms with van der Waals surface area (Å²) in [5.74, 6) is 1.58. The molecule has 1 aliphatic heterocycles. The average molecular weight is 475 g/mol. The van der Waals surface area contributed by atoms with Gasteiger partial charge in [0, 0.05) is 12.1 Å². The summed E-state index contributed by atoms with van der Waals surface area (Å²) in [6, 6.07) is 17.2. The van der Waals surface area contributed by atoms with Gasteiger partial charge in [-0.2, -0.15) is 5.10 Å². The highest BCUT2D eigenvalue weighted by molar-refractivity contribution is 6.41. The Morgan fingerprint density at radius 3 is 2.59 bits per heavy atom. The lowest BCUT2D eigenvalue weighted by Gasteiger charge is -2.24. The van der Waals surface area contributed by atoms with Gasteiger partial charge in [0.1, 0.15) is 29.3 Å². The smallest absolute Gasteiger partial charge is 0.265 e. The zero-order valence-electron chi connectivity index (χ0n) is 18.4. The van der Waals surface area contributed by atoms with Crippen molar-refractivity contribution >= 4 is 34.4 Å². The molecule has 5 rings (SSSR count). The van der Waals surface area contributed by atoms with Crippen molar-refractivity contribution in [1.29, 1.82) is 0 Å². The molecule has 2 aromatic heterocycles. The highest BCUT2D eigenvalue weighted by Crippen LogP contribution is 2.33. The van der Waals surface area contributed by atoms with Gasteiger partial charge in [-0.1, -0.05) is 36.4 Å². The number of fused-ring (bicyclic) bond motifs is 1. The fourth-order valence-corrected chi connectivity index (χ4v) is 4.42. The van der Waals surface area contributed by atoms with E-state index < -0.39 is 0 Å². The molecule has 34 heavy (non-hydrogen) atoms. The second-order valence-electron chi connectivity index (χ2n) is 8.13. The monoisotopic (exact) mass is 474 g/mol. The van der Waals surface area contributed by atoms with Crippen LogP contribution in [0.5, 0.6) is 11.5 Å². The van der Waals surface area contributed by atoms with E-state index in [0.717, 1.165) is 24.2 Å². The number of halogens is 1. The average Bonchev–Trinajstić information content (AvgIpc) is 3.46. The maximum absolute atomic E-state index is 12.5. The number of carbonyl (C=O) groups excluding carboxylic acids is 1. The Kier molecular flexibility index (Phi) is 5.90. The summed E-state index contributed by atoms with van der Waals surface area (Å²) in [5.41, 5.74) is 8.40. The summed E-state index contributed by atoms with van der Waals surface area (Å²) >= 11 is 5.88. The molecule has 0 bridgehead atoms. The summed E-state index contributed by atoms with van der Waals surface area (Å²) in [6.45, 7) is 4.69. The second kappa shape index (κ2) is 9.15. The zero-order chi connectivity index (χ0) is 23.7. The minimum absolute atomic E-state index is 0.0160. The molecule has 1 atom stereocenters. The molecule has 0 aliphatic carbocycles. The molecular weight excluding hydrogens is 452 g/mol. The molecule has 4 aromatic rings. The molecule has 1 fully saturated rings. The van der Waals surface area contributed by atoms with Gasteiger partial charge in [0.15, 0.2) is 5.65 Å². The quantitative estimate of drug-likeness (QED) is 0.409. The van der Waals surface area contributed by atoms with Crippen LogP contribution in [-0.2, 0) is 11.3 Å². The molecule has 0 unspecified atom stereocenters. The van der Waals surface area contributed by atoms with Crippen molar-refractivity contribution in [3.05, 3.63) is 72.5 Å². The van der Waals surface area contributed by atoms with Crippen molar-refractivity contribution < 1.29 is 9.53 Å². The highest BCUT2D eigenvalue weighted by Gasteiger charge is 2.31. The number of hydrogen-bond acceptors (Lipinski definition) is 6. The number of aromatic nitrogens is 4. The van der Waals surface area contributed by atoms with Gasteiger partial charge in [0.2, 0.25) is 0 Å². The summed E-state index contributed by atoms with van der Waals surface area (Å²) in [6.07, 6.45) is 3.17. The van der Waals surface area contributed by atoms with Crippen LogP contribution in [0, 0.1) is 0 Å². The van der Waals surface area contributed by atoms with Crippen molar-refractivity contribution in [2.75, 3.05) is 12.3 Å². The number of likely N-dealkylation sites (tertiary alicyclic amines) is 1. The number of nitrogen functional groups attached to an aromatic ring is 1. The van der Waals surface area contributed by atoms with Crippen molar-refractivity contribution in [3.63, 3.8) is 0 Å². The van der Waals surface area contributed by atoms with E-state index in [-0.39, 0.29) is 17.0 Å². The van der Waals surface area contributed by atoms with Crippen LogP contribution < -0.4 is 10.5 Å². The maximum atomic E-state index is 12.5. The highest BCUT2D eigenvalue weighted by atomic mass is 35.5. The van der Waals surface area contributed by atoms with E-state index in [2.05, 4.69) is 16.5 Å². The normalized spacial score (nSPS) is 15.6. The third kappa shape index (κ3) is 4.20. The van der Waals surface area contributed by atoms with E-state index in [1.54, 1.807) is 9.58 Å². The molecule has 2 N–H and O–H groups in total. The molecule has 172 valence electrons. The molecular formula is C25H23ClN6O2. The Balaban J connectivity index is 1.47. The SMILES string of the molecule is C=C(Cl)C(=O)N1CCC[C@H]1Cn1nc(-c2ccc(Oc3ccccc3)cc2)c2c(N)ncnc21. The predicted octanol–water partition coefficient (Wildman–Crippen LogP) is 4.61. The number of nitrogens with zero attached hydrogens (tertiary/aromatic N) is 5. The van der Waals surface area contributed by atoms with Crippen LogP contribution in [0.25, 0.3) is 22.3 Å². The molecule has 0 spiro atoms. The number of para-hydroxylation sites is 1. The predicted molar refractivity (Wildman–Crippen MR) is 131 cm³/mol. The first kappa shape index (κ1) is 21.9. The number of anilines is 1. The van der Waals surface area contributed by atoms with E-state index in [9.17, 15) is 4.79 Å². The van der Waals surface area contributed by atoms with Gasteiger partial charge in [-0.25, -0.2) is 14.6 Å². The standard InChI is InChI=1S/C25H23ClN6O2/c1-16(26)25(33)31-13-5-6-18(31)14-32-24-21(23(27)28-15-29-24)22(30-32)17-9-11-20(12-10-17)34-19-7-3-2-4-8-19/h2-4,7-12,15,18H,1,5-6,13-14H2,(H2,27,28,29)/t18-/m0/s1. The molecule has 8 nitrogen and oxygen atoms in total. The van der Waals surface area contributed by atoms with Gasteiger partial charge in [-0.05, 0) is 49.2 Å². The first-order valence-electron chi connectivity index (χ1n) is 11.0. The summed E-state index contributed by atoms with van der Waals surface area (Å²) in [7, 11) is 0.